The lowest BCUT2D eigenvalue weighted by Gasteiger charge is -2.21. The Balaban J connectivity index is 1.63. The SMILES string of the molecule is Nc1nc(-c2ccccc2)c(-c2cc(Cl)c3[nH]ncc3c2)nc1C(=O)CC1CCCCC1. The molecular formula is C25H24ClN5O. The van der Waals surface area contributed by atoms with Crippen LogP contribution in [-0.2, 0) is 0 Å². The molecule has 0 unspecified atom stereocenters. The number of nitrogens with one attached hydrogen (secondary N) is 1. The van der Waals surface area contributed by atoms with E-state index in [1.807, 2.05) is 42.5 Å². The van der Waals surface area contributed by atoms with Crippen LogP contribution in [0, 0.1) is 5.92 Å². The lowest BCUT2D eigenvalue weighted by molar-refractivity contribution is 0.0946. The number of aromatic amines is 1. The second-order valence-corrected chi connectivity index (χ2v) is 8.85. The lowest BCUT2D eigenvalue weighted by Crippen LogP contribution is -2.16. The highest BCUT2D eigenvalue weighted by Gasteiger charge is 2.24. The van der Waals surface area contributed by atoms with Gasteiger partial charge in [-0.15, -0.1) is 0 Å². The Hall–Kier alpha value is -3.25. The summed E-state index contributed by atoms with van der Waals surface area (Å²) in [6.45, 7) is 0. The Morgan fingerprint density at radius 2 is 1.78 bits per heavy atom. The molecule has 2 aromatic heterocycles. The third kappa shape index (κ3) is 3.98. The normalized spacial score (nSPS) is 14.7. The highest BCUT2D eigenvalue weighted by Crippen LogP contribution is 2.35. The molecule has 2 heterocycles. The number of H-pyrrole nitrogens is 1. The number of halogens is 1. The monoisotopic (exact) mass is 445 g/mol. The minimum Gasteiger partial charge on any atom is -0.382 e. The zero-order valence-corrected chi connectivity index (χ0v) is 18.4. The number of nitrogens with two attached hydrogens (primary N) is 1. The highest BCUT2D eigenvalue weighted by molar-refractivity contribution is 6.35. The molecule has 3 N–H and O–H groups in total. The van der Waals surface area contributed by atoms with Gasteiger partial charge in [-0.25, -0.2) is 9.97 Å². The molecule has 0 saturated heterocycles. The average Bonchev–Trinajstić information content (AvgIpc) is 3.29. The first kappa shape index (κ1) is 20.6. The Labute approximate surface area is 191 Å². The number of aromatic nitrogens is 4. The molecule has 0 radical (unpaired) electrons. The fourth-order valence-electron chi connectivity index (χ4n) is 4.55. The zero-order valence-electron chi connectivity index (χ0n) is 17.6. The van der Waals surface area contributed by atoms with E-state index in [2.05, 4.69) is 15.2 Å². The molecule has 0 bridgehead atoms. The lowest BCUT2D eigenvalue weighted by atomic mass is 9.85. The molecule has 0 atom stereocenters. The van der Waals surface area contributed by atoms with E-state index in [0.717, 1.165) is 34.9 Å². The summed E-state index contributed by atoms with van der Waals surface area (Å²) >= 11 is 6.50. The van der Waals surface area contributed by atoms with Crippen LogP contribution in [0.15, 0.2) is 48.7 Å². The number of nitrogens with zero attached hydrogens (tertiary/aromatic N) is 3. The van der Waals surface area contributed by atoms with E-state index in [0.29, 0.717) is 28.7 Å². The molecule has 0 amide bonds. The number of hydrogen-bond donors (Lipinski definition) is 2. The maximum atomic E-state index is 13.2. The molecule has 1 fully saturated rings. The topological polar surface area (TPSA) is 97.6 Å². The summed E-state index contributed by atoms with van der Waals surface area (Å²) in [5, 5.41) is 8.38. The number of benzene rings is 2. The van der Waals surface area contributed by atoms with Gasteiger partial charge >= 0.3 is 0 Å². The first-order valence-electron chi connectivity index (χ1n) is 11.0. The van der Waals surface area contributed by atoms with Crippen LogP contribution in [0.5, 0.6) is 0 Å². The predicted molar refractivity (Wildman–Crippen MR) is 128 cm³/mol. The standard InChI is InChI=1S/C25H24ClN5O/c26-19-13-17(12-18-14-28-31-21(18)19)23-22(16-9-5-2-6-10-16)30-25(27)24(29-23)20(32)11-15-7-3-1-4-8-15/h2,5-6,9-10,12-15H,1,3-4,7-8,11H2,(H2,27,30)(H,28,31). The van der Waals surface area contributed by atoms with Crippen LogP contribution < -0.4 is 5.73 Å². The van der Waals surface area contributed by atoms with Gasteiger partial charge in [0.2, 0.25) is 0 Å². The molecule has 32 heavy (non-hydrogen) atoms. The van der Waals surface area contributed by atoms with Gasteiger partial charge in [0.15, 0.2) is 11.6 Å². The van der Waals surface area contributed by atoms with E-state index in [1.54, 1.807) is 6.20 Å². The maximum Gasteiger partial charge on any atom is 0.185 e. The summed E-state index contributed by atoms with van der Waals surface area (Å²) < 4.78 is 0. The van der Waals surface area contributed by atoms with Crippen LogP contribution in [0.3, 0.4) is 0 Å². The molecule has 6 nitrogen and oxygen atoms in total. The van der Waals surface area contributed by atoms with Crippen LogP contribution >= 0.6 is 11.6 Å². The predicted octanol–water partition coefficient (Wildman–Crippen LogP) is 6.08. The zero-order chi connectivity index (χ0) is 22.1. The summed E-state index contributed by atoms with van der Waals surface area (Å²) in [4.78, 5) is 22.6. The van der Waals surface area contributed by atoms with Crippen molar-refractivity contribution < 1.29 is 4.79 Å². The molecule has 0 spiro atoms. The van der Waals surface area contributed by atoms with Crippen LogP contribution in [0.2, 0.25) is 5.02 Å². The molecule has 162 valence electrons. The van der Waals surface area contributed by atoms with Crippen molar-refractivity contribution >= 4 is 34.1 Å². The number of rotatable bonds is 5. The van der Waals surface area contributed by atoms with E-state index in [9.17, 15) is 4.79 Å². The number of Topliss-reactive ketones (excluding diaryl/α,β-unsaturated/α-hetero) is 1. The van der Waals surface area contributed by atoms with E-state index >= 15 is 0 Å². The third-order valence-corrected chi connectivity index (χ3v) is 6.51. The molecule has 2 aromatic carbocycles. The summed E-state index contributed by atoms with van der Waals surface area (Å²) in [7, 11) is 0. The first-order valence-corrected chi connectivity index (χ1v) is 11.4. The van der Waals surface area contributed by atoms with Gasteiger partial charge in [0.1, 0.15) is 5.69 Å². The molecule has 4 aromatic rings. The number of anilines is 1. The Morgan fingerprint density at radius 3 is 2.56 bits per heavy atom. The molecule has 5 rings (SSSR count). The van der Waals surface area contributed by atoms with E-state index in [4.69, 9.17) is 22.3 Å². The van der Waals surface area contributed by atoms with Crippen molar-refractivity contribution in [1.29, 1.82) is 0 Å². The van der Waals surface area contributed by atoms with Crippen molar-refractivity contribution in [2.75, 3.05) is 5.73 Å². The minimum absolute atomic E-state index is 0.0433. The first-order chi connectivity index (χ1) is 15.6. The molecule has 1 aliphatic carbocycles. The van der Waals surface area contributed by atoms with Gasteiger partial charge in [-0.3, -0.25) is 9.89 Å². The summed E-state index contributed by atoms with van der Waals surface area (Å²) in [5.41, 5.74) is 10.1. The summed E-state index contributed by atoms with van der Waals surface area (Å²) in [6.07, 6.45) is 7.96. The van der Waals surface area contributed by atoms with Crippen molar-refractivity contribution in [3.8, 4) is 22.5 Å². The number of hydrogen-bond acceptors (Lipinski definition) is 5. The summed E-state index contributed by atoms with van der Waals surface area (Å²) in [5.74, 6) is 0.522. The van der Waals surface area contributed by atoms with Crippen molar-refractivity contribution in [2.24, 2.45) is 5.92 Å². The van der Waals surface area contributed by atoms with E-state index in [1.165, 1.54) is 19.3 Å². The smallest absolute Gasteiger partial charge is 0.185 e. The van der Waals surface area contributed by atoms with Gasteiger partial charge in [-0.1, -0.05) is 74.0 Å². The number of carbonyl (C=O) groups excluding carboxylic acids is 1. The Morgan fingerprint density at radius 1 is 1.03 bits per heavy atom. The van der Waals surface area contributed by atoms with Crippen LogP contribution in [0.4, 0.5) is 5.82 Å². The van der Waals surface area contributed by atoms with Crippen molar-refractivity contribution in [2.45, 2.75) is 38.5 Å². The molecular weight excluding hydrogens is 422 g/mol. The molecule has 1 aliphatic rings. The van der Waals surface area contributed by atoms with Gasteiger partial charge in [-0.2, -0.15) is 5.10 Å². The minimum atomic E-state index is -0.0433. The van der Waals surface area contributed by atoms with Gasteiger partial charge in [0.25, 0.3) is 0 Å². The van der Waals surface area contributed by atoms with Gasteiger partial charge in [-0.05, 0) is 18.1 Å². The number of ketones is 1. The maximum absolute atomic E-state index is 13.2. The van der Waals surface area contributed by atoms with Crippen LogP contribution in [-0.4, -0.2) is 25.9 Å². The number of carbonyl (C=O) groups is 1. The fourth-order valence-corrected chi connectivity index (χ4v) is 4.82. The van der Waals surface area contributed by atoms with E-state index in [-0.39, 0.29) is 17.3 Å². The van der Waals surface area contributed by atoms with Crippen molar-refractivity contribution in [3.05, 3.63) is 59.4 Å². The fraction of sp³-hybridized carbons (Fsp3) is 0.280. The van der Waals surface area contributed by atoms with Crippen molar-refractivity contribution in [1.82, 2.24) is 20.2 Å². The molecule has 7 heteroatoms. The molecule has 0 aliphatic heterocycles. The van der Waals surface area contributed by atoms with Crippen molar-refractivity contribution in [3.63, 3.8) is 0 Å². The quantitative estimate of drug-likeness (QED) is 0.363. The van der Waals surface area contributed by atoms with Gasteiger partial charge in [0, 0.05) is 22.9 Å². The van der Waals surface area contributed by atoms with Crippen LogP contribution in [0.1, 0.15) is 49.0 Å². The van der Waals surface area contributed by atoms with Crippen LogP contribution in [0.25, 0.3) is 33.4 Å². The number of fused-ring (bicyclic) bond motifs is 1. The Bertz CT molecular complexity index is 1280. The van der Waals surface area contributed by atoms with Gasteiger partial charge in [0.05, 0.1) is 28.1 Å². The largest absolute Gasteiger partial charge is 0.382 e. The van der Waals surface area contributed by atoms with Gasteiger partial charge < -0.3 is 5.73 Å². The summed E-state index contributed by atoms with van der Waals surface area (Å²) in [6, 6.07) is 13.5. The second-order valence-electron chi connectivity index (χ2n) is 8.44. The highest BCUT2D eigenvalue weighted by atomic mass is 35.5. The average molecular weight is 446 g/mol. The Kier molecular flexibility index (Phi) is 5.62. The third-order valence-electron chi connectivity index (χ3n) is 6.21. The molecule has 1 saturated carbocycles. The number of nitrogen functional groups attached to an aromatic ring is 1. The van der Waals surface area contributed by atoms with E-state index < -0.39 is 0 Å². The second kappa shape index (κ2) is 8.71.